The molecule has 12 nitrogen and oxygen atoms in total. The van der Waals surface area contributed by atoms with Crippen LogP contribution in [0.1, 0.15) is 80.1 Å². The smallest absolute Gasteiger partial charge is 0.246 e. The van der Waals surface area contributed by atoms with Crippen LogP contribution in [0.25, 0.3) is 0 Å². The van der Waals surface area contributed by atoms with Gasteiger partial charge in [0.05, 0.1) is 0 Å². The first-order valence-corrected chi connectivity index (χ1v) is 15.4. The highest BCUT2D eigenvalue weighted by Gasteiger charge is 2.43. The quantitative estimate of drug-likeness (QED) is 0.488. The van der Waals surface area contributed by atoms with Crippen LogP contribution in [-0.4, -0.2) is 119 Å². The average molecular weight is 593 g/mol. The maximum Gasteiger partial charge on any atom is 0.246 e. The molecule has 0 saturated carbocycles. The second-order valence-corrected chi connectivity index (χ2v) is 12.2. The van der Waals surface area contributed by atoms with Crippen LogP contribution >= 0.6 is 0 Å². The van der Waals surface area contributed by atoms with E-state index in [9.17, 15) is 28.8 Å². The molecule has 0 spiro atoms. The molecular weight excluding hydrogens is 540 g/mol. The Kier molecular flexibility index (Phi) is 12.8. The van der Waals surface area contributed by atoms with Crippen molar-refractivity contribution in [2.75, 3.05) is 34.2 Å². The Morgan fingerprint density at radius 2 is 1.50 bits per heavy atom. The van der Waals surface area contributed by atoms with Gasteiger partial charge in [0, 0.05) is 40.7 Å². The van der Waals surface area contributed by atoms with Gasteiger partial charge in [-0.05, 0) is 38.0 Å². The molecule has 0 aromatic heterocycles. The second-order valence-electron chi connectivity index (χ2n) is 12.2. The van der Waals surface area contributed by atoms with Gasteiger partial charge in [-0.25, -0.2) is 0 Å². The van der Waals surface area contributed by atoms with Gasteiger partial charge in [0.1, 0.15) is 30.2 Å². The highest BCUT2D eigenvalue weighted by molar-refractivity contribution is 5.97. The van der Waals surface area contributed by atoms with Crippen molar-refractivity contribution in [3.8, 4) is 0 Å². The zero-order chi connectivity index (χ0) is 31.9. The fourth-order valence-electron chi connectivity index (χ4n) is 5.80. The fourth-order valence-corrected chi connectivity index (χ4v) is 5.80. The SMILES string of the molecule is CCC[C@H]1C(=O)N2CCC[C@H]2C(=O)N[C@@H]([C@@H](C)CC)C(=O)N(C)[C@@H](C(C)C)C(=O)N(C)[C@@H](C)C(=O)NCCC(=O)N1C. The van der Waals surface area contributed by atoms with Gasteiger partial charge in [-0.2, -0.15) is 0 Å². The zero-order valence-electron chi connectivity index (χ0n) is 26.9. The first kappa shape index (κ1) is 35.0. The van der Waals surface area contributed by atoms with E-state index in [4.69, 9.17) is 0 Å². The average Bonchev–Trinajstić information content (AvgIpc) is 3.45. The number of fused-ring (bicyclic) bond motifs is 1. The Morgan fingerprint density at radius 3 is 2.07 bits per heavy atom. The highest BCUT2D eigenvalue weighted by Crippen LogP contribution is 2.24. The zero-order valence-corrected chi connectivity index (χ0v) is 26.9. The molecule has 2 saturated heterocycles. The molecule has 0 bridgehead atoms. The topological polar surface area (TPSA) is 139 Å². The van der Waals surface area contributed by atoms with Crippen molar-refractivity contribution in [3.63, 3.8) is 0 Å². The van der Waals surface area contributed by atoms with Gasteiger partial charge in [0.25, 0.3) is 0 Å². The Labute approximate surface area is 250 Å². The minimum atomic E-state index is -0.914. The van der Waals surface area contributed by atoms with E-state index in [1.807, 2.05) is 34.6 Å². The number of rotatable bonds is 5. The van der Waals surface area contributed by atoms with E-state index >= 15 is 0 Å². The molecular formula is C30H52N6O6. The molecule has 6 amide bonds. The monoisotopic (exact) mass is 592 g/mol. The molecule has 12 heteroatoms. The molecule has 238 valence electrons. The lowest BCUT2D eigenvalue weighted by molar-refractivity contribution is -0.151. The molecule has 2 heterocycles. The van der Waals surface area contributed by atoms with E-state index < -0.39 is 53.8 Å². The van der Waals surface area contributed by atoms with Gasteiger partial charge in [0.15, 0.2) is 0 Å². The summed E-state index contributed by atoms with van der Waals surface area (Å²) in [6.07, 6.45) is 2.74. The van der Waals surface area contributed by atoms with Gasteiger partial charge in [-0.1, -0.05) is 47.5 Å². The summed E-state index contributed by atoms with van der Waals surface area (Å²) in [6, 6.07) is -4.16. The number of carbonyl (C=O) groups is 6. The summed E-state index contributed by atoms with van der Waals surface area (Å²) < 4.78 is 0. The van der Waals surface area contributed by atoms with E-state index in [1.54, 1.807) is 21.0 Å². The van der Waals surface area contributed by atoms with Crippen molar-refractivity contribution >= 4 is 35.4 Å². The number of hydrogen-bond donors (Lipinski definition) is 2. The summed E-state index contributed by atoms with van der Waals surface area (Å²) in [5.41, 5.74) is 0. The van der Waals surface area contributed by atoms with Gasteiger partial charge < -0.3 is 30.2 Å². The Balaban J connectivity index is 2.56. The lowest BCUT2D eigenvalue weighted by Crippen LogP contribution is -2.61. The van der Waals surface area contributed by atoms with Crippen LogP contribution in [0.5, 0.6) is 0 Å². The van der Waals surface area contributed by atoms with Crippen molar-refractivity contribution in [3.05, 3.63) is 0 Å². The van der Waals surface area contributed by atoms with Crippen LogP contribution in [0.15, 0.2) is 0 Å². The van der Waals surface area contributed by atoms with Crippen LogP contribution < -0.4 is 10.6 Å². The van der Waals surface area contributed by atoms with Crippen molar-refractivity contribution in [2.45, 2.75) is 110 Å². The molecule has 0 aromatic rings. The van der Waals surface area contributed by atoms with E-state index in [0.717, 1.165) is 0 Å². The van der Waals surface area contributed by atoms with Crippen molar-refractivity contribution < 1.29 is 28.8 Å². The summed E-state index contributed by atoms with van der Waals surface area (Å²) in [4.78, 5) is 86.8. The van der Waals surface area contributed by atoms with Crippen LogP contribution in [-0.2, 0) is 28.8 Å². The van der Waals surface area contributed by atoms with Gasteiger partial charge in [0.2, 0.25) is 35.4 Å². The molecule has 2 aliphatic heterocycles. The molecule has 2 N–H and O–H groups in total. The maximum atomic E-state index is 14.0. The third-order valence-electron chi connectivity index (χ3n) is 8.92. The molecule has 2 aliphatic rings. The first-order valence-electron chi connectivity index (χ1n) is 15.4. The van der Waals surface area contributed by atoms with Crippen molar-refractivity contribution in [1.29, 1.82) is 0 Å². The van der Waals surface area contributed by atoms with E-state index in [0.29, 0.717) is 38.6 Å². The molecule has 0 radical (unpaired) electrons. The lowest BCUT2D eigenvalue weighted by atomic mass is 9.94. The molecule has 0 aliphatic carbocycles. The van der Waals surface area contributed by atoms with Crippen molar-refractivity contribution in [2.24, 2.45) is 11.8 Å². The third-order valence-corrected chi connectivity index (χ3v) is 8.92. The van der Waals surface area contributed by atoms with Crippen LogP contribution in [0.3, 0.4) is 0 Å². The highest BCUT2D eigenvalue weighted by atomic mass is 16.2. The Bertz CT molecular complexity index is 1020. The predicted octanol–water partition coefficient (Wildman–Crippen LogP) is 0.985. The molecule has 2 fully saturated rings. The fraction of sp³-hybridized carbons (Fsp3) is 0.800. The number of nitrogens with one attached hydrogen (secondary N) is 2. The lowest BCUT2D eigenvalue weighted by Gasteiger charge is -2.38. The minimum absolute atomic E-state index is 0.0214. The summed E-state index contributed by atoms with van der Waals surface area (Å²) in [5.74, 6) is -2.77. The number of amides is 6. The Morgan fingerprint density at radius 1 is 0.857 bits per heavy atom. The van der Waals surface area contributed by atoms with Gasteiger partial charge in [-0.15, -0.1) is 0 Å². The maximum absolute atomic E-state index is 14.0. The summed E-state index contributed by atoms with van der Waals surface area (Å²) >= 11 is 0. The summed E-state index contributed by atoms with van der Waals surface area (Å²) in [6.45, 7) is 11.4. The van der Waals surface area contributed by atoms with Crippen LogP contribution in [0.4, 0.5) is 0 Å². The summed E-state index contributed by atoms with van der Waals surface area (Å²) in [5, 5.41) is 5.66. The minimum Gasteiger partial charge on any atom is -0.354 e. The van der Waals surface area contributed by atoms with Crippen LogP contribution in [0, 0.1) is 11.8 Å². The number of hydrogen-bond acceptors (Lipinski definition) is 6. The van der Waals surface area contributed by atoms with Crippen LogP contribution in [0.2, 0.25) is 0 Å². The van der Waals surface area contributed by atoms with Crippen molar-refractivity contribution in [1.82, 2.24) is 30.2 Å². The van der Waals surface area contributed by atoms with E-state index in [2.05, 4.69) is 10.6 Å². The molecule has 2 rings (SSSR count). The standard InChI is InChI=1S/C30H52N6O6/c1-10-13-22-28(40)36-17-12-14-21(36)27(39)32-24(19(5)11-2)29(41)35(9)25(18(3)4)30(42)33(7)20(6)26(38)31-16-15-23(37)34(22)8/h18-22,24-25H,10-17H2,1-9H3,(H,31,38)(H,32,39)/t19-,20-,21-,22-,24-,25-/m0/s1. The molecule has 0 aromatic carbocycles. The second kappa shape index (κ2) is 15.3. The summed E-state index contributed by atoms with van der Waals surface area (Å²) in [7, 11) is 4.64. The third kappa shape index (κ3) is 7.80. The largest absolute Gasteiger partial charge is 0.354 e. The molecule has 42 heavy (non-hydrogen) atoms. The molecule has 0 unspecified atom stereocenters. The van der Waals surface area contributed by atoms with Gasteiger partial charge >= 0.3 is 0 Å². The first-order chi connectivity index (χ1) is 19.7. The van der Waals surface area contributed by atoms with Gasteiger partial charge in [-0.3, -0.25) is 28.8 Å². The number of likely N-dealkylation sites (N-methyl/N-ethyl adjacent to an activating group) is 3. The predicted molar refractivity (Wildman–Crippen MR) is 159 cm³/mol. The normalized spacial score (nSPS) is 28.8. The number of carbonyl (C=O) groups excluding carboxylic acids is 6. The number of nitrogens with zero attached hydrogens (tertiary/aromatic N) is 4. The Hall–Kier alpha value is -3.18. The van der Waals surface area contributed by atoms with E-state index in [-0.39, 0.29) is 36.6 Å². The molecule has 6 atom stereocenters. The van der Waals surface area contributed by atoms with E-state index in [1.165, 1.54) is 26.6 Å².